The summed E-state index contributed by atoms with van der Waals surface area (Å²) in [5.41, 5.74) is 0. The predicted molar refractivity (Wildman–Crippen MR) is 66.1 cm³/mol. The van der Waals surface area contributed by atoms with Crippen LogP contribution in [-0.4, -0.2) is 40.9 Å². The van der Waals surface area contributed by atoms with E-state index in [-0.39, 0.29) is 6.04 Å². The van der Waals surface area contributed by atoms with Crippen LogP contribution in [0.1, 0.15) is 33.1 Å². The molecular formula is C12H22N2O4. The quantitative estimate of drug-likeness (QED) is 0.592. The SMILES string of the molecule is CC1CCCC(NC(=O)N[C@@H](CO)C(=O)O)C1C. The number of hydrogen-bond acceptors (Lipinski definition) is 3. The van der Waals surface area contributed by atoms with E-state index in [9.17, 15) is 9.59 Å². The molecule has 1 rings (SSSR count). The largest absolute Gasteiger partial charge is 0.480 e. The summed E-state index contributed by atoms with van der Waals surface area (Å²) >= 11 is 0. The van der Waals surface area contributed by atoms with Gasteiger partial charge in [-0.2, -0.15) is 0 Å². The fourth-order valence-electron chi connectivity index (χ4n) is 2.34. The first-order chi connectivity index (χ1) is 8.45. The van der Waals surface area contributed by atoms with Crippen molar-refractivity contribution in [1.29, 1.82) is 0 Å². The van der Waals surface area contributed by atoms with Gasteiger partial charge in [-0.15, -0.1) is 0 Å². The summed E-state index contributed by atoms with van der Waals surface area (Å²) in [6.07, 6.45) is 3.14. The number of urea groups is 1. The number of carboxylic acid groups (broad SMARTS) is 1. The molecule has 1 aliphatic rings. The van der Waals surface area contributed by atoms with Crippen molar-refractivity contribution in [2.75, 3.05) is 6.61 Å². The molecule has 0 radical (unpaired) electrons. The lowest BCUT2D eigenvalue weighted by Gasteiger charge is -2.34. The van der Waals surface area contributed by atoms with E-state index in [1.54, 1.807) is 0 Å². The minimum atomic E-state index is -1.25. The van der Waals surface area contributed by atoms with Gasteiger partial charge in [0.1, 0.15) is 0 Å². The first-order valence-electron chi connectivity index (χ1n) is 6.36. The van der Waals surface area contributed by atoms with E-state index in [0.717, 1.165) is 19.3 Å². The van der Waals surface area contributed by atoms with Crippen LogP contribution in [0, 0.1) is 11.8 Å². The van der Waals surface area contributed by atoms with Crippen molar-refractivity contribution in [2.45, 2.75) is 45.2 Å². The van der Waals surface area contributed by atoms with Crippen LogP contribution in [0.3, 0.4) is 0 Å². The monoisotopic (exact) mass is 258 g/mol. The summed E-state index contributed by atoms with van der Waals surface area (Å²) in [6, 6.07) is -1.70. The summed E-state index contributed by atoms with van der Waals surface area (Å²) < 4.78 is 0. The lowest BCUT2D eigenvalue weighted by Crippen LogP contribution is -2.53. The Balaban J connectivity index is 2.46. The Morgan fingerprint density at radius 1 is 1.33 bits per heavy atom. The summed E-state index contributed by atoms with van der Waals surface area (Å²) in [4.78, 5) is 22.3. The summed E-state index contributed by atoms with van der Waals surface area (Å²) in [7, 11) is 0. The molecule has 1 saturated carbocycles. The number of carboxylic acids is 1. The minimum Gasteiger partial charge on any atom is -0.480 e. The molecule has 104 valence electrons. The van der Waals surface area contributed by atoms with Crippen LogP contribution in [-0.2, 0) is 4.79 Å². The average molecular weight is 258 g/mol. The van der Waals surface area contributed by atoms with Crippen LogP contribution in [0.5, 0.6) is 0 Å². The molecule has 0 aromatic carbocycles. The van der Waals surface area contributed by atoms with Crippen molar-refractivity contribution in [3.05, 3.63) is 0 Å². The highest BCUT2D eigenvalue weighted by molar-refractivity contribution is 5.82. The molecule has 0 spiro atoms. The number of aliphatic hydroxyl groups excluding tert-OH is 1. The number of aliphatic carboxylic acids is 1. The zero-order chi connectivity index (χ0) is 13.7. The van der Waals surface area contributed by atoms with Gasteiger partial charge >= 0.3 is 12.0 Å². The highest BCUT2D eigenvalue weighted by atomic mass is 16.4. The maximum absolute atomic E-state index is 11.6. The van der Waals surface area contributed by atoms with Crippen molar-refractivity contribution >= 4 is 12.0 Å². The number of amides is 2. The summed E-state index contributed by atoms with van der Waals surface area (Å²) in [5, 5.41) is 22.6. The number of carbonyl (C=O) groups excluding carboxylic acids is 1. The maximum Gasteiger partial charge on any atom is 0.328 e. The maximum atomic E-state index is 11.6. The van der Waals surface area contributed by atoms with Gasteiger partial charge in [-0.3, -0.25) is 0 Å². The van der Waals surface area contributed by atoms with Crippen LogP contribution in [0.2, 0.25) is 0 Å². The topological polar surface area (TPSA) is 98.7 Å². The number of hydrogen-bond donors (Lipinski definition) is 4. The average Bonchev–Trinajstić information content (AvgIpc) is 2.31. The first-order valence-corrected chi connectivity index (χ1v) is 6.36. The molecule has 4 N–H and O–H groups in total. The van der Waals surface area contributed by atoms with Crippen LogP contribution in [0.15, 0.2) is 0 Å². The van der Waals surface area contributed by atoms with Gasteiger partial charge in [0.15, 0.2) is 6.04 Å². The Hall–Kier alpha value is -1.30. The van der Waals surface area contributed by atoms with Gasteiger partial charge in [-0.25, -0.2) is 9.59 Å². The van der Waals surface area contributed by atoms with Gasteiger partial charge in [0.25, 0.3) is 0 Å². The van der Waals surface area contributed by atoms with Gasteiger partial charge in [0.2, 0.25) is 0 Å². The molecule has 0 heterocycles. The molecule has 3 unspecified atom stereocenters. The second kappa shape index (κ2) is 6.58. The van der Waals surface area contributed by atoms with Gasteiger partial charge in [0, 0.05) is 6.04 Å². The molecule has 2 amide bonds. The molecule has 0 aromatic rings. The van der Waals surface area contributed by atoms with Gasteiger partial charge in [-0.05, 0) is 18.3 Å². The molecule has 1 aliphatic carbocycles. The Morgan fingerprint density at radius 2 is 2.00 bits per heavy atom. The molecule has 0 bridgehead atoms. The van der Waals surface area contributed by atoms with Gasteiger partial charge < -0.3 is 20.8 Å². The normalized spacial score (nSPS) is 29.4. The summed E-state index contributed by atoms with van der Waals surface area (Å²) in [5.74, 6) is -0.309. The van der Waals surface area contributed by atoms with Gasteiger partial charge in [-0.1, -0.05) is 26.7 Å². The third-order valence-corrected chi connectivity index (χ3v) is 3.81. The van der Waals surface area contributed by atoms with E-state index in [1.807, 2.05) is 0 Å². The lowest BCUT2D eigenvalue weighted by atomic mass is 9.78. The van der Waals surface area contributed by atoms with Gasteiger partial charge in [0.05, 0.1) is 6.61 Å². The Kier molecular flexibility index (Phi) is 5.40. The Morgan fingerprint density at radius 3 is 2.56 bits per heavy atom. The fraction of sp³-hybridized carbons (Fsp3) is 0.833. The van der Waals surface area contributed by atoms with Crippen molar-refractivity contribution < 1.29 is 19.8 Å². The smallest absolute Gasteiger partial charge is 0.328 e. The molecule has 6 heteroatoms. The van der Waals surface area contributed by atoms with Crippen molar-refractivity contribution in [1.82, 2.24) is 10.6 Å². The fourth-order valence-corrected chi connectivity index (χ4v) is 2.34. The van der Waals surface area contributed by atoms with Crippen LogP contribution in [0.4, 0.5) is 4.79 Å². The molecule has 6 nitrogen and oxygen atoms in total. The van der Waals surface area contributed by atoms with E-state index >= 15 is 0 Å². The second-order valence-corrected chi connectivity index (χ2v) is 5.06. The van der Waals surface area contributed by atoms with E-state index in [4.69, 9.17) is 10.2 Å². The lowest BCUT2D eigenvalue weighted by molar-refractivity contribution is -0.140. The zero-order valence-electron chi connectivity index (χ0n) is 10.8. The molecular weight excluding hydrogens is 236 g/mol. The Labute approximate surface area is 107 Å². The predicted octanol–water partition coefficient (Wildman–Crippen LogP) is 0.556. The molecule has 0 saturated heterocycles. The molecule has 18 heavy (non-hydrogen) atoms. The van der Waals surface area contributed by atoms with Crippen molar-refractivity contribution in [3.8, 4) is 0 Å². The third-order valence-electron chi connectivity index (χ3n) is 3.81. The van der Waals surface area contributed by atoms with Crippen LogP contribution in [0.25, 0.3) is 0 Å². The number of rotatable bonds is 4. The summed E-state index contributed by atoms with van der Waals surface area (Å²) in [6.45, 7) is 3.64. The minimum absolute atomic E-state index is 0.0712. The van der Waals surface area contributed by atoms with E-state index < -0.39 is 24.6 Å². The highest BCUT2D eigenvalue weighted by Crippen LogP contribution is 2.29. The molecule has 0 aliphatic heterocycles. The zero-order valence-corrected chi connectivity index (χ0v) is 10.8. The standard InChI is InChI=1S/C12H22N2O4/c1-7-4-3-5-9(8(7)2)13-12(18)14-10(6-15)11(16)17/h7-10,15H,3-6H2,1-2H3,(H,16,17)(H2,13,14,18)/t7?,8?,9?,10-/m0/s1. The Bertz CT molecular complexity index is 308. The molecule has 4 atom stereocenters. The van der Waals surface area contributed by atoms with Crippen molar-refractivity contribution in [3.63, 3.8) is 0 Å². The van der Waals surface area contributed by atoms with E-state index in [0.29, 0.717) is 11.8 Å². The second-order valence-electron chi connectivity index (χ2n) is 5.06. The number of aliphatic hydroxyl groups is 1. The third kappa shape index (κ3) is 3.87. The van der Waals surface area contributed by atoms with Crippen LogP contribution < -0.4 is 10.6 Å². The first kappa shape index (κ1) is 14.8. The molecule has 0 aromatic heterocycles. The van der Waals surface area contributed by atoms with Crippen LogP contribution >= 0.6 is 0 Å². The van der Waals surface area contributed by atoms with Crippen molar-refractivity contribution in [2.24, 2.45) is 11.8 Å². The molecule has 1 fully saturated rings. The highest BCUT2D eigenvalue weighted by Gasteiger charge is 2.29. The van der Waals surface area contributed by atoms with E-state index in [2.05, 4.69) is 24.5 Å². The number of nitrogens with one attached hydrogen (secondary N) is 2. The van der Waals surface area contributed by atoms with E-state index in [1.165, 1.54) is 0 Å². The number of carbonyl (C=O) groups is 2.